The van der Waals surface area contributed by atoms with Crippen molar-refractivity contribution in [3.05, 3.63) is 99.8 Å². The number of pyridine rings is 1. The normalized spacial score (nSPS) is 19.5. The number of hydrogen-bond acceptors (Lipinski definition) is 8. The van der Waals surface area contributed by atoms with Crippen molar-refractivity contribution in [1.29, 1.82) is 0 Å². The van der Waals surface area contributed by atoms with E-state index in [0.717, 1.165) is 15.3 Å². The summed E-state index contributed by atoms with van der Waals surface area (Å²) in [6.07, 6.45) is 2.13. The Labute approximate surface area is 251 Å². The molecule has 2 fully saturated rings. The third-order valence-corrected chi connectivity index (χ3v) is 11.2. The summed E-state index contributed by atoms with van der Waals surface area (Å²) in [5.41, 5.74) is 1.81. The largest absolute Gasteiger partial charge is 0.340 e. The van der Waals surface area contributed by atoms with Crippen LogP contribution in [0.15, 0.2) is 83.7 Å². The van der Waals surface area contributed by atoms with Crippen LogP contribution in [0.1, 0.15) is 27.3 Å². The van der Waals surface area contributed by atoms with E-state index in [1.807, 2.05) is 47.2 Å². The van der Waals surface area contributed by atoms with Crippen molar-refractivity contribution >= 4 is 50.3 Å². The molecule has 2 aliphatic heterocycles. The first-order valence-corrected chi connectivity index (χ1v) is 16.9. The molecule has 5 heterocycles. The van der Waals surface area contributed by atoms with Crippen LogP contribution in [0.25, 0.3) is 10.4 Å². The lowest BCUT2D eigenvalue weighted by atomic mass is 10.1. The zero-order valence-electron chi connectivity index (χ0n) is 22.5. The fourth-order valence-corrected chi connectivity index (χ4v) is 8.79. The number of aromatic nitrogens is 1. The van der Waals surface area contributed by atoms with Crippen molar-refractivity contribution in [2.75, 3.05) is 13.1 Å². The van der Waals surface area contributed by atoms with E-state index in [-0.39, 0.29) is 31.0 Å². The number of benzene rings is 1. The van der Waals surface area contributed by atoms with E-state index in [1.54, 1.807) is 41.7 Å². The van der Waals surface area contributed by atoms with Crippen molar-refractivity contribution in [3.8, 4) is 10.4 Å². The summed E-state index contributed by atoms with van der Waals surface area (Å²) >= 11 is 3.09. The topological polar surface area (TPSA) is 117 Å². The number of nitrogens with one attached hydrogen (secondary N) is 1. The Hall–Kier alpha value is -3.71. The molecule has 1 aromatic carbocycles. The van der Waals surface area contributed by atoms with Crippen LogP contribution in [0.4, 0.5) is 0 Å². The number of rotatable bonds is 9. The zero-order chi connectivity index (χ0) is 29.3. The van der Waals surface area contributed by atoms with Crippen LogP contribution in [0.2, 0.25) is 0 Å². The Bertz CT molecular complexity index is 1670. The summed E-state index contributed by atoms with van der Waals surface area (Å²) in [5.74, 6) is -1.42. The minimum atomic E-state index is -3.84. The minimum absolute atomic E-state index is 0.224. The molecule has 216 valence electrons. The van der Waals surface area contributed by atoms with Gasteiger partial charge in [0.2, 0.25) is 15.9 Å². The van der Waals surface area contributed by atoms with Crippen LogP contribution in [0.5, 0.6) is 0 Å². The average Bonchev–Trinajstić information content (AvgIpc) is 3.80. The predicted octanol–water partition coefficient (Wildman–Crippen LogP) is 3.60. The maximum Gasteiger partial charge on any atom is 0.251 e. The molecule has 3 aromatic heterocycles. The maximum atomic E-state index is 14.0. The number of carbonyl (C=O) groups is 3. The van der Waals surface area contributed by atoms with Gasteiger partial charge in [-0.3, -0.25) is 19.4 Å². The molecular formula is C30H28N4O5S3. The number of Topliss-reactive ketones (excluding diaryl/α,β-unsaturated/α-hetero) is 1. The number of sulfonamides is 1. The molecule has 2 amide bonds. The standard InChI is InChI=1S/C30H28N4O5S3/c35-26-18-34(42(38,39)19-22-5-1-2-13-31-22)25-12-14-33(28(25)26)30(37)24(17-23-6-3-15-40-23)32-29(36)21-10-8-20(9-11-21)27-7-4-16-41-27/h1-11,13,15-16,24-25,28H,12,14,17-19H2,(H,32,36). The third-order valence-electron chi connectivity index (χ3n) is 7.62. The highest BCUT2D eigenvalue weighted by molar-refractivity contribution is 7.88. The van der Waals surface area contributed by atoms with Crippen molar-refractivity contribution in [2.45, 2.75) is 36.7 Å². The molecule has 12 heteroatoms. The second kappa shape index (κ2) is 11.9. The molecule has 0 saturated carbocycles. The van der Waals surface area contributed by atoms with Gasteiger partial charge >= 0.3 is 0 Å². The number of amides is 2. The van der Waals surface area contributed by atoms with Crippen LogP contribution in [-0.2, 0) is 31.8 Å². The van der Waals surface area contributed by atoms with Gasteiger partial charge < -0.3 is 10.2 Å². The minimum Gasteiger partial charge on any atom is -0.340 e. The van der Waals surface area contributed by atoms with Crippen molar-refractivity contribution < 1.29 is 22.8 Å². The number of thiophene rings is 2. The number of likely N-dealkylation sites (tertiary alicyclic amines) is 1. The lowest BCUT2D eigenvalue weighted by Gasteiger charge is -2.28. The van der Waals surface area contributed by atoms with Crippen LogP contribution in [0.3, 0.4) is 0 Å². The van der Waals surface area contributed by atoms with Gasteiger partial charge in [0.15, 0.2) is 5.78 Å². The molecule has 0 spiro atoms. The van der Waals surface area contributed by atoms with E-state index in [9.17, 15) is 22.8 Å². The molecule has 2 aliphatic rings. The molecule has 0 radical (unpaired) electrons. The Morgan fingerprint density at radius 2 is 1.79 bits per heavy atom. The first-order valence-electron chi connectivity index (χ1n) is 13.5. The highest BCUT2D eigenvalue weighted by atomic mass is 32.2. The van der Waals surface area contributed by atoms with Crippen molar-refractivity contribution in [1.82, 2.24) is 19.5 Å². The molecule has 6 rings (SSSR count). The fourth-order valence-electron chi connectivity index (χ4n) is 5.64. The van der Waals surface area contributed by atoms with Crippen molar-refractivity contribution in [2.24, 2.45) is 0 Å². The third kappa shape index (κ3) is 5.80. The summed E-state index contributed by atoms with van der Waals surface area (Å²) in [7, 11) is -3.84. The van der Waals surface area contributed by atoms with E-state index >= 15 is 0 Å². The molecule has 3 atom stereocenters. The van der Waals surface area contributed by atoms with Crippen LogP contribution >= 0.6 is 22.7 Å². The summed E-state index contributed by atoms with van der Waals surface area (Å²) in [5, 5.41) is 6.79. The lowest BCUT2D eigenvalue weighted by Crippen LogP contribution is -2.53. The average molecular weight is 621 g/mol. The van der Waals surface area contributed by atoms with Gasteiger partial charge in [0.1, 0.15) is 17.8 Å². The van der Waals surface area contributed by atoms with Crippen molar-refractivity contribution in [3.63, 3.8) is 0 Å². The molecule has 0 aliphatic carbocycles. The summed E-state index contributed by atoms with van der Waals surface area (Å²) in [6.45, 7) is -0.0609. The Kier molecular flexibility index (Phi) is 8.04. The zero-order valence-corrected chi connectivity index (χ0v) is 24.9. The Balaban J connectivity index is 1.20. The molecule has 4 aromatic rings. The van der Waals surface area contributed by atoms with Crippen LogP contribution in [0, 0.1) is 0 Å². The number of ketones is 1. The molecule has 3 unspecified atom stereocenters. The van der Waals surface area contributed by atoms with E-state index < -0.39 is 40.0 Å². The quantitative estimate of drug-likeness (QED) is 0.306. The van der Waals surface area contributed by atoms with Gasteiger partial charge in [-0.05, 0) is 59.1 Å². The van der Waals surface area contributed by atoms with E-state index in [0.29, 0.717) is 17.7 Å². The van der Waals surface area contributed by atoms with E-state index in [4.69, 9.17) is 0 Å². The maximum absolute atomic E-state index is 14.0. The van der Waals surface area contributed by atoms with Crippen LogP contribution in [-0.4, -0.2) is 71.4 Å². The molecule has 0 bridgehead atoms. The molecule has 2 saturated heterocycles. The predicted molar refractivity (Wildman–Crippen MR) is 162 cm³/mol. The van der Waals surface area contributed by atoms with Gasteiger partial charge in [-0.2, -0.15) is 4.31 Å². The first kappa shape index (κ1) is 28.4. The molecular weight excluding hydrogens is 593 g/mol. The highest BCUT2D eigenvalue weighted by Gasteiger charge is 2.54. The molecule has 1 N–H and O–H groups in total. The second-order valence-electron chi connectivity index (χ2n) is 10.3. The van der Waals surface area contributed by atoms with Gasteiger partial charge in [-0.1, -0.05) is 30.3 Å². The van der Waals surface area contributed by atoms with Gasteiger partial charge in [0, 0.05) is 34.5 Å². The number of carbonyl (C=O) groups excluding carboxylic acids is 3. The molecule has 9 nitrogen and oxygen atoms in total. The summed E-state index contributed by atoms with van der Waals surface area (Å²) < 4.78 is 27.8. The van der Waals surface area contributed by atoms with Gasteiger partial charge in [-0.25, -0.2) is 8.42 Å². The summed E-state index contributed by atoms with van der Waals surface area (Å²) in [4.78, 5) is 48.1. The van der Waals surface area contributed by atoms with Gasteiger partial charge in [0.25, 0.3) is 5.91 Å². The van der Waals surface area contributed by atoms with Crippen LogP contribution < -0.4 is 5.32 Å². The SMILES string of the molecule is O=C(NC(Cc1cccs1)C(=O)N1CCC2C1C(=O)CN2S(=O)(=O)Cc1ccccn1)c1ccc(-c2cccs2)cc1. The Morgan fingerprint density at radius 1 is 1.00 bits per heavy atom. The second-order valence-corrected chi connectivity index (χ2v) is 14.2. The van der Waals surface area contributed by atoms with Gasteiger partial charge in [-0.15, -0.1) is 22.7 Å². The van der Waals surface area contributed by atoms with E-state index in [2.05, 4.69) is 10.3 Å². The number of fused-ring (bicyclic) bond motifs is 1. The summed E-state index contributed by atoms with van der Waals surface area (Å²) in [6, 6.07) is 17.6. The first-order chi connectivity index (χ1) is 20.3. The van der Waals surface area contributed by atoms with Gasteiger partial charge in [0.05, 0.1) is 18.3 Å². The smallest absolute Gasteiger partial charge is 0.251 e. The molecule has 42 heavy (non-hydrogen) atoms. The lowest BCUT2D eigenvalue weighted by molar-refractivity contribution is -0.138. The number of nitrogens with zero attached hydrogens (tertiary/aromatic N) is 3. The van der Waals surface area contributed by atoms with E-state index in [1.165, 1.54) is 26.7 Å². The fraction of sp³-hybridized carbons (Fsp3) is 0.267. The monoisotopic (exact) mass is 620 g/mol. The highest BCUT2D eigenvalue weighted by Crippen LogP contribution is 2.33. The Morgan fingerprint density at radius 3 is 2.48 bits per heavy atom. The number of hydrogen-bond donors (Lipinski definition) is 1.